The standard InChI is InChI=1S/C13H12N2O2S/c1-9-6-10(13(16)17)2-3-11(9)7-18-12-4-5-14-8-15-12/h2-6,8H,7H2,1H3,(H,16,17). The van der Waals surface area contributed by atoms with Crippen LogP contribution in [0.2, 0.25) is 0 Å². The summed E-state index contributed by atoms with van der Waals surface area (Å²) in [7, 11) is 0. The van der Waals surface area contributed by atoms with E-state index in [1.54, 1.807) is 30.1 Å². The van der Waals surface area contributed by atoms with Crippen LogP contribution in [0.3, 0.4) is 0 Å². The second-order valence-electron chi connectivity index (χ2n) is 3.78. The number of rotatable bonds is 4. The van der Waals surface area contributed by atoms with Crippen molar-refractivity contribution in [3.63, 3.8) is 0 Å². The fourth-order valence-electron chi connectivity index (χ4n) is 1.51. The lowest BCUT2D eigenvalue weighted by molar-refractivity contribution is 0.0697. The Morgan fingerprint density at radius 1 is 1.39 bits per heavy atom. The van der Waals surface area contributed by atoms with E-state index in [1.807, 2.05) is 19.1 Å². The molecule has 92 valence electrons. The molecule has 0 spiro atoms. The first-order valence-corrected chi connectivity index (χ1v) is 6.37. The van der Waals surface area contributed by atoms with Gasteiger partial charge in [0.1, 0.15) is 6.33 Å². The molecule has 0 bridgehead atoms. The predicted molar refractivity (Wildman–Crippen MR) is 69.7 cm³/mol. The highest BCUT2D eigenvalue weighted by atomic mass is 32.2. The molecule has 0 radical (unpaired) electrons. The Kier molecular flexibility index (Phi) is 3.94. The number of benzene rings is 1. The maximum absolute atomic E-state index is 10.8. The summed E-state index contributed by atoms with van der Waals surface area (Å²) in [5, 5.41) is 9.79. The number of hydrogen-bond acceptors (Lipinski definition) is 4. The van der Waals surface area contributed by atoms with Crippen molar-refractivity contribution in [3.8, 4) is 0 Å². The van der Waals surface area contributed by atoms with Crippen molar-refractivity contribution in [1.29, 1.82) is 0 Å². The Balaban J connectivity index is 2.08. The zero-order chi connectivity index (χ0) is 13.0. The summed E-state index contributed by atoms with van der Waals surface area (Å²) in [5.41, 5.74) is 2.42. The average molecular weight is 260 g/mol. The minimum Gasteiger partial charge on any atom is -0.478 e. The van der Waals surface area contributed by atoms with Crippen molar-refractivity contribution in [2.24, 2.45) is 0 Å². The van der Waals surface area contributed by atoms with Crippen molar-refractivity contribution in [3.05, 3.63) is 53.5 Å². The van der Waals surface area contributed by atoms with E-state index in [0.717, 1.165) is 21.9 Å². The van der Waals surface area contributed by atoms with Gasteiger partial charge in [-0.3, -0.25) is 0 Å². The molecule has 1 heterocycles. The summed E-state index contributed by atoms with van der Waals surface area (Å²) in [6, 6.07) is 7.03. The Morgan fingerprint density at radius 2 is 2.22 bits per heavy atom. The molecule has 0 unspecified atom stereocenters. The molecule has 0 aliphatic carbocycles. The van der Waals surface area contributed by atoms with Crippen LogP contribution in [0.1, 0.15) is 21.5 Å². The van der Waals surface area contributed by atoms with Crippen molar-refractivity contribution in [2.75, 3.05) is 0 Å². The third kappa shape index (κ3) is 3.07. The van der Waals surface area contributed by atoms with Crippen LogP contribution in [-0.2, 0) is 5.75 Å². The van der Waals surface area contributed by atoms with Crippen LogP contribution in [-0.4, -0.2) is 21.0 Å². The number of carboxylic acids is 1. The first kappa shape index (κ1) is 12.6. The van der Waals surface area contributed by atoms with E-state index in [4.69, 9.17) is 5.11 Å². The maximum Gasteiger partial charge on any atom is 0.335 e. The van der Waals surface area contributed by atoms with Gasteiger partial charge >= 0.3 is 5.97 Å². The van der Waals surface area contributed by atoms with Crippen LogP contribution in [0.15, 0.2) is 41.8 Å². The first-order valence-electron chi connectivity index (χ1n) is 5.38. The molecule has 0 saturated carbocycles. The molecule has 1 N–H and O–H groups in total. The van der Waals surface area contributed by atoms with Gasteiger partial charge in [0.2, 0.25) is 0 Å². The van der Waals surface area contributed by atoms with E-state index in [0.29, 0.717) is 5.56 Å². The van der Waals surface area contributed by atoms with Crippen molar-refractivity contribution in [1.82, 2.24) is 9.97 Å². The van der Waals surface area contributed by atoms with E-state index in [9.17, 15) is 4.79 Å². The summed E-state index contributed by atoms with van der Waals surface area (Å²) < 4.78 is 0. The van der Waals surface area contributed by atoms with Gasteiger partial charge in [-0.25, -0.2) is 14.8 Å². The van der Waals surface area contributed by atoms with E-state index >= 15 is 0 Å². The zero-order valence-electron chi connectivity index (χ0n) is 9.83. The molecule has 2 aromatic rings. The fourth-order valence-corrected chi connectivity index (χ4v) is 2.41. The fraction of sp³-hybridized carbons (Fsp3) is 0.154. The summed E-state index contributed by atoms with van der Waals surface area (Å²) in [6.07, 6.45) is 3.22. The Bertz CT molecular complexity index is 558. The highest BCUT2D eigenvalue weighted by molar-refractivity contribution is 7.98. The van der Waals surface area contributed by atoms with Crippen LogP contribution in [0, 0.1) is 6.92 Å². The van der Waals surface area contributed by atoms with Gasteiger partial charge in [-0.1, -0.05) is 6.07 Å². The lowest BCUT2D eigenvalue weighted by Gasteiger charge is -2.06. The van der Waals surface area contributed by atoms with Crippen molar-refractivity contribution >= 4 is 17.7 Å². The maximum atomic E-state index is 10.8. The molecule has 18 heavy (non-hydrogen) atoms. The molecule has 0 amide bonds. The number of aromatic carboxylic acids is 1. The molecule has 0 aliphatic rings. The molecule has 0 aliphatic heterocycles. The zero-order valence-corrected chi connectivity index (χ0v) is 10.6. The van der Waals surface area contributed by atoms with Gasteiger partial charge in [0.25, 0.3) is 0 Å². The molecule has 5 heteroatoms. The largest absolute Gasteiger partial charge is 0.478 e. The normalized spacial score (nSPS) is 10.3. The summed E-state index contributed by atoms with van der Waals surface area (Å²) >= 11 is 1.60. The minimum atomic E-state index is -0.895. The van der Waals surface area contributed by atoms with Gasteiger partial charge in [-0.2, -0.15) is 0 Å². The first-order chi connectivity index (χ1) is 8.66. The van der Waals surface area contributed by atoms with Crippen LogP contribution in [0.25, 0.3) is 0 Å². The predicted octanol–water partition coefficient (Wildman–Crippen LogP) is 2.78. The molecule has 0 saturated heterocycles. The number of carboxylic acid groups (broad SMARTS) is 1. The van der Waals surface area contributed by atoms with Gasteiger partial charge in [0.05, 0.1) is 10.6 Å². The second kappa shape index (κ2) is 5.64. The van der Waals surface area contributed by atoms with Crippen LogP contribution < -0.4 is 0 Å². The van der Waals surface area contributed by atoms with Crippen LogP contribution >= 0.6 is 11.8 Å². The third-order valence-corrected chi connectivity index (χ3v) is 3.51. The average Bonchev–Trinajstić information content (AvgIpc) is 2.38. The highest BCUT2D eigenvalue weighted by Crippen LogP contribution is 2.22. The van der Waals surface area contributed by atoms with Crippen molar-refractivity contribution in [2.45, 2.75) is 17.7 Å². The molecule has 2 rings (SSSR count). The Labute approximate surface area is 109 Å². The van der Waals surface area contributed by atoms with E-state index in [-0.39, 0.29) is 0 Å². The number of aromatic nitrogens is 2. The van der Waals surface area contributed by atoms with Crippen LogP contribution in [0.4, 0.5) is 0 Å². The van der Waals surface area contributed by atoms with E-state index in [1.165, 1.54) is 6.33 Å². The van der Waals surface area contributed by atoms with Gasteiger partial charge in [0, 0.05) is 11.9 Å². The van der Waals surface area contributed by atoms with Crippen molar-refractivity contribution < 1.29 is 9.90 Å². The molecule has 0 fully saturated rings. The highest BCUT2D eigenvalue weighted by Gasteiger charge is 2.06. The molecule has 0 atom stereocenters. The van der Waals surface area contributed by atoms with Gasteiger partial charge < -0.3 is 5.11 Å². The molecule has 4 nitrogen and oxygen atoms in total. The minimum absolute atomic E-state index is 0.322. The summed E-state index contributed by atoms with van der Waals surface area (Å²) in [4.78, 5) is 18.8. The second-order valence-corrected chi connectivity index (χ2v) is 4.78. The van der Waals surface area contributed by atoms with Gasteiger partial charge in [-0.15, -0.1) is 11.8 Å². The van der Waals surface area contributed by atoms with Crippen LogP contribution in [0.5, 0.6) is 0 Å². The molecular formula is C13H12N2O2S. The monoisotopic (exact) mass is 260 g/mol. The lowest BCUT2D eigenvalue weighted by Crippen LogP contribution is -1.98. The molecular weight excluding hydrogens is 248 g/mol. The number of carbonyl (C=O) groups is 1. The lowest BCUT2D eigenvalue weighted by atomic mass is 10.1. The number of aryl methyl sites for hydroxylation is 1. The van der Waals surface area contributed by atoms with E-state index < -0.39 is 5.97 Å². The van der Waals surface area contributed by atoms with Gasteiger partial charge in [0.15, 0.2) is 0 Å². The van der Waals surface area contributed by atoms with E-state index in [2.05, 4.69) is 9.97 Å². The Morgan fingerprint density at radius 3 is 2.83 bits per heavy atom. The molecule has 1 aromatic carbocycles. The quantitative estimate of drug-likeness (QED) is 0.676. The Hall–Kier alpha value is -1.88. The number of thioether (sulfide) groups is 1. The SMILES string of the molecule is Cc1cc(C(=O)O)ccc1CSc1ccncn1. The number of nitrogens with zero attached hydrogens (tertiary/aromatic N) is 2. The van der Waals surface area contributed by atoms with Gasteiger partial charge in [-0.05, 0) is 36.2 Å². The smallest absolute Gasteiger partial charge is 0.335 e. The summed E-state index contributed by atoms with van der Waals surface area (Å²) in [6.45, 7) is 1.92. The molecule has 1 aromatic heterocycles. The summed E-state index contributed by atoms with van der Waals surface area (Å²) in [5.74, 6) is -0.129. The third-order valence-electron chi connectivity index (χ3n) is 2.52. The number of hydrogen-bond donors (Lipinski definition) is 1. The topological polar surface area (TPSA) is 63.1 Å².